The Morgan fingerprint density at radius 3 is 2.46 bits per heavy atom. The lowest BCUT2D eigenvalue weighted by molar-refractivity contribution is -0.114. The average Bonchev–Trinajstić information content (AvgIpc) is 3.36. The van der Waals surface area contributed by atoms with Gasteiger partial charge in [0.05, 0.1) is 16.5 Å². The quantitative estimate of drug-likeness (QED) is 0.279. The number of carbonyl (C=O) groups excluding carboxylic acids is 1. The van der Waals surface area contributed by atoms with E-state index in [-0.39, 0.29) is 43.3 Å². The van der Waals surface area contributed by atoms with Gasteiger partial charge in [-0.05, 0) is 12.1 Å². The zero-order valence-electron chi connectivity index (χ0n) is 18.4. The number of aromatic nitrogens is 5. The number of primary sulfonamides is 1. The summed E-state index contributed by atoms with van der Waals surface area (Å²) in [6.07, 6.45) is 0. The number of amides is 1. The lowest BCUT2D eigenvalue weighted by atomic mass is 9.95. The molecule has 5 N–H and O–H groups in total. The molecular weight excluding hydrogens is 539 g/mol. The van der Waals surface area contributed by atoms with E-state index in [0.29, 0.717) is 16.6 Å². The topological polar surface area (TPSA) is 180 Å². The van der Waals surface area contributed by atoms with Crippen LogP contribution in [0.2, 0.25) is 10.0 Å². The van der Waals surface area contributed by atoms with Crippen LogP contribution in [0.1, 0.15) is 29.9 Å². The van der Waals surface area contributed by atoms with Crippen LogP contribution in [0.4, 0.5) is 10.9 Å². The Hall–Kier alpha value is -3.04. The number of aromatic amines is 2. The number of rotatable bonds is 6. The molecule has 4 rings (SSSR count). The number of carbonyl (C=O) groups is 1. The molecule has 1 amide bonds. The van der Waals surface area contributed by atoms with E-state index in [0.717, 1.165) is 23.5 Å². The predicted molar refractivity (Wildman–Crippen MR) is 134 cm³/mol. The predicted octanol–water partition coefficient (Wildman–Crippen LogP) is 2.26. The molecule has 0 radical (unpaired) electrons. The summed E-state index contributed by atoms with van der Waals surface area (Å²) >= 11 is 14.1. The van der Waals surface area contributed by atoms with Crippen molar-refractivity contribution in [3.63, 3.8) is 0 Å². The first-order chi connectivity index (χ1) is 16.4. The maximum atomic E-state index is 13.0. The lowest BCUT2D eigenvalue weighted by Gasteiger charge is -2.18. The molecule has 0 aliphatic heterocycles. The molecule has 1 atom stereocenters. The molecule has 12 nitrogen and oxygen atoms in total. The molecule has 0 saturated carbocycles. The van der Waals surface area contributed by atoms with Crippen molar-refractivity contribution in [2.75, 3.05) is 24.3 Å². The summed E-state index contributed by atoms with van der Waals surface area (Å²) in [6.45, 7) is 1.34. The highest BCUT2D eigenvalue weighted by Crippen LogP contribution is 2.41. The fourth-order valence-electron chi connectivity index (χ4n) is 3.45. The molecule has 0 fully saturated rings. The smallest absolute Gasteiger partial charge is 0.264 e. The van der Waals surface area contributed by atoms with Crippen molar-refractivity contribution in [1.29, 1.82) is 0 Å². The van der Waals surface area contributed by atoms with Crippen LogP contribution >= 0.6 is 34.5 Å². The zero-order chi connectivity index (χ0) is 25.7. The third-order valence-corrected chi connectivity index (χ3v) is 7.19. The van der Waals surface area contributed by atoms with Crippen LogP contribution in [0.15, 0.2) is 27.2 Å². The SMILES string of the molecule is CC(=O)Nc1nc(C(c2nc3[nH]nc(N(C)C)c3c(=O)[nH]2)c2c(Cl)cc(S(N)(=O)=O)cc2Cl)cs1. The molecule has 3 aromatic heterocycles. The Bertz CT molecular complexity index is 1600. The molecule has 0 spiro atoms. The number of H-pyrrole nitrogens is 2. The number of benzene rings is 1. The summed E-state index contributed by atoms with van der Waals surface area (Å²) in [5, 5.41) is 16.8. The van der Waals surface area contributed by atoms with Crippen LogP contribution in [0, 0.1) is 0 Å². The lowest BCUT2D eigenvalue weighted by Crippen LogP contribution is -2.19. The number of nitrogens with two attached hydrogens (primary N) is 1. The highest BCUT2D eigenvalue weighted by atomic mass is 35.5. The van der Waals surface area contributed by atoms with Crippen molar-refractivity contribution in [2.24, 2.45) is 5.14 Å². The van der Waals surface area contributed by atoms with Crippen molar-refractivity contribution in [3.05, 3.63) is 55.0 Å². The van der Waals surface area contributed by atoms with Gasteiger partial charge in [0.1, 0.15) is 11.2 Å². The largest absolute Gasteiger partial charge is 0.361 e. The number of fused-ring (bicyclic) bond motifs is 1. The monoisotopic (exact) mass is 556 g/mol. The minimum atomic E-state index is -4.09. The average molecular weight is 557 g/mol. The zero-order valence-corrected chi connectivity index (χ0v) is 21.5. The van der Waals surface area contributed by atoms with Gasteiger partial charge in [-0.1, -0.05) is 23.2 Å². The summed E-state index contributed by atoms with van der Waals surface area (Å²) in [5.41, 5.74) is 0.317. The van der Waals surface area contributed by atoms with Crippen molar-refractivity contribution < 1.29 is 13.2 Å². The summed E-state index contributed by atoms with van der Waals surface area (Å²) < 4.78 is 23.7. The first-order valence-corrected chi connectivity index (χ1v) is 13.0. The van der Waals surface area contributed by atoms with E-state index in [1.54, 1.807) is 24.4 Å². The Labute approximate surface area is 212 Å². The molecule has 0 saturated heterocycles. The van der Waals surface area contributed by atoms with Gasteiger partial charge >= 0.3 is 0 Å². The molecule has 184 valence electrons. The van der Waals surface area contributed by atoms with Crippen LogP contribution in [0.3, 0.4) is 0 Å². The minimum absolute atomic E-state index is 0.0399. The second-order valence-corrected chi connectivity index (χ2v) is 10.9. The molecule has 1 unspecified atom stereocenters. The van der Waals surface area contributed by atoms with Crippen molar-refractivity contribution >= 4 is 72.5 Å². The van der Waals surface area contributed by atoms with Crippen LogP contribution in [0.5, 0.6) is 0 Å². The van der Waals surface area contributed by atoms with E-state index < -0.39 is 21.5 Å². The van der Waals surface area contributed by atoms with E-state index >= 15 is 0 Å². The van der Waals surface area contributed by atoms with Gasteiger partial charge in [-0.25, -0.2) is 23.5 Å². The van der Waals surface area contributed by atoms with Gasteiger partial charge in [0, 0.05) is 42.0 Å². The van der Waals surface area contributed by atoms with Gasteiger partial charge in [-0.3, -0.25) is 14.7 Å². The van der Waals surface area contributed by atoms with Gasteiger partial charge in [-0.15, -0.1) is 11.3 Å². The number of nitrogens with one attached hydrogen (secondary N) is 3. The molecule has 16 heteroatoms. The second-order valence-electron chi connectivity index (χ2n) is 7.65. The highest BCUT2D eigenvalue weighted by Gasteiger charge is 2.30. The maximum absolute atomic E-state index is 13.0. The summed E-state index contributed by atoms with van der Waals surface area (Å²) in [7, 11) is -0.625. The van der Waals surface area contributed by atoms with Crippen molar-refractivity contribution in [3.8, 4) is 0 Å². The number of thiazole rings is 1. The first kappa shape index (κ1) is 25.1. The fourth-order valence-corrected chi connectivity index (χ4v) is 5.63. The molecule has 35 heavy (non-hydrogen) atoms. The normalized spacial score (nSPS) is 12.6. The highest BCUT2D eigenvalue weighted by molar-refractivity contribution is 7.89. The van der Waals surface area contributed by atoms with Crippen molar-refractivity contribution in [2.45, 2.75) is 17.7 Å². The molecule has 0 aliphatic rings. The molecule has 0 bridgehead atoms. The molecule has 4 aromatic rings. The van der Waals surface area contributed by atoms with Gasteiger partial charge < -0.3 is 15.2 Å². The van der Waals surface area contributed by atoms with Crippen LogP contribution < -0.4 is 20.9 Å². The van der Waals surface area contributed by atoms with Crippen LogP contribution in [-0.4, -0.2) is 53.6 Å². The Kier molecular flexibility index (Phi) is 6.59. The number of anilines is 2. The molecule has 0 aliphatic carbocycles. The molecule has 3 heterocycles. The Morgan fingerprint density at radius 1 is 1.23 bits per heavy atom. The maximum Gasteiger partial charge on any atom is 0.264 e. The van der Waals surface area contributed by atoms with Crippen LogP contribution in [-0.2, 0) is 14.8 Å². The summed E-state index contributed by atoms with van der Waals surface area (Å²) in [4.78, 5) is 37.6. The molecule has 1 aromatic carbocycles. The van der Waals surface area contributed by atoms with Gasteiger partial charge in [0.2, 0.25) is 15.9 Å². The standard InChI is InChI=1S/C19H18Cl2N8O4S2/c1-7(30)23-19-24-11(6-34-19)13(12-9(20)4-8(5-10(12)21)35(22,32)33)15-25-16-14(18(31)26-15)17(28-27-16)29(2)3/h4-6,13H,1-3H3,(H2,22,32,33)(H,23,24,30)(H2,25,26,27,28,31). The second kappa shape index (κ2) is 9.20. The number of sulfonamides is 1. The van der Waals surface area contributed by atoms with E-state index in [1.165, 1.54) is 6.92 Å². The fraction of sp³-hybridized carbons (Fsp3) is 0.211. The Morgan fingerprint density at radius 2 is 1.89 bits per heavy atom. The first-order valence-electron chi connectivity index (χ1n) is 9.77. The van der Waals surface area contributed by atoms with E-state index in [9.17, 15) is 18.0 Å². The number of hydrogen-bond acceptors (Lipinski definition) is 9. The van der Waals surface area contributed by atoms with E-state index in [1.807, 2.05) is 0 Å². The molecular formula is C19H18Cl2N8O4S2. The third-order valence-electron chi connectivity index (χ3n) is 4.90. The van der Waals surface area contributed by atoms with Gasteiger partial charge in [-0.2, -0.15) is 5.10 Å². The summed E-state index contributed by atoms with van der Waals surface area (Å²) in [6, 6.07) is 2.31. The third kappa shape index (κ3) is 4.88. The minimum Gasteiger partial charge on any atom is -0.361 e. The van der Waals surface area contributed by atoms with E-state index in [2.05, 4.69) is 30.5 Å². The summed E-state index contributed by atoms with van der Waals surface area (Å²) in [5.74, 6) is -0.751. The number of halogens is 2. The van der Waals surface area contributed by atoms with Crippen molar-refractivity contribution in [1.82, 2.24) is 25.1 Å². The van der Waals surface area contributed by atoms with Gasteiger partial charge in [0.25, 0.3) is 5.56 Å². The number of hydrogen-bond donors (Lipinski definition) is 4. The van der Waals surface area contributed by atoms with Crippen LogP contribution in [0.25, 0.3) is 11.0 Å². The van der Waals surface area contributed by atoms with Gasteiger partial charge in [0.15, 0.2) is 16.6 Å². The number of nitrogens with zero attached hydrogens (tertiary/aromatic N) is 4. The van der Waals surface area contributed by atoms with E-state index in [4.69, 9.17) is 28.3 Å². The Balaban J connectivity index is 1.98.